The van der Waals surface area contributed by atoms with Gasteiger partial charge in [-0.15, -0.1) is 0 Å². The first-order valence-electron chi connectivity index (χ1n) is 11.1. The molecule has 0 bridgehead atoms. The van der Waals surface area contributed by atoms with E-state index in [1.165, 1.54) is 0 Å². The van der Waals surface area contributed by atoms with Gasteiger partial charge in [0.2, 0.25) is 5.88 Å². The zero-order chi connectivity index (χ0) is 22.7. The zero-order valence-corrected chi connectivity index (χ0v) is 19.3. The van der Waals surface area contributed by atoms with Crippen LogP contribution in [0.3, 0.4) is 0 Å². The van der Waals surface area contributed by atoms with E-state index in [0.717, 1.165) is 52.3 Å². The van der Waals surface area contributed by atoms with Crippen molar-refractivity contribution in [3.8, 4) is 17.1 Å². The van der Waals surface area contributed by atoms with Gasteiger partial charge in [-0.3, -0.25) is 9.36 Å². The summed E-state index contributed by atoms with van der Waals surface area (Å²) in [5.41, 5.74) is 5.32. The lowest BCUT2D eigenvalue weighted by atomic mass is 10.1. The van der Waals surface area contributed by atoms with Crippen molar-refractivity contribution in [1.29, 1.82) is 0 Å². The van der Waals surface area contributed by atoms with Crippen LogP contribution in [0.5, 0.6) is 5.88 Å². The quantitative estimate of drug-likeness (QED) is 0.419. The molecule has 0 fully saturated rings. The number of hydrogen-bond acceptors (Lipinski definition) is 7. The van der Waals surface area contributed by atoms with Crippen molar-refractivity contribution in [2.45, 2.75) is 53.1 Å². The smallest absolute Gasteiger partial charge is 0.222 e. The van der Waals surface area contributed by atoms with Crippen LogP contribution in [0.25, 0.3) is 22.3 Å². The molecule has 9 heteroatoms. The molecule has 0 radical (unpaired) electrons. The van der Waals surface area contributed by atoms with Gasteiger partial charge in [0.15, 0.2) is 5.82 Å². The van der Waals surface area contributed by atoms with Crippen molar-refractivity contribution in [3.05, 3.63) is 42.2 Å². The summed E-state index contributed by atoms with van der Waals surface area (Å²) in [4.78, 5) is 13.8. The molecular formula is C23H30N8O. The highest BCUT2D eigenvalue weighted by Gasteiger charge is 2.20. The van der Waals surface area contributed by atoms with Crippen molar-refractivity contribution in [1.82, 2.24) is 34.5 Å². The fourth-order valence-corrected chi connectivity index (χ4v) is 3.58. The van der Waals surface area contributed by atoms with Crippen molar-refractivity contribution < 1.29 is 4.74 Å². The first kappa shape index (κ1) is 21.7. The average Bonchev–Trinajstić information content (AvgIpc) is 3.38. The molecule has 9 nitrogen and oxygen atoms in total. The third-order valence-electron chi connectivity index (χ3n) is 5.40. The van der Waals surface area contributed by atoms with Gasteiger partial charge < -0.3 is 10.1 Å². The van der Waals surface area contributed by atoms with Crippen LogP contribution in [0.1, 0.15) is 51.2 Å². The Kier molecular flexibility index (Phi) is 6.34. The molecular weight excluding hydrogens is 404 g/mol. The number of rotatable bonds is 9. The molecule has 1 N–H and O–H groups in total. The standard InChI is InChI=1S/C23H30N8O/c1-6-11-32-23-17(9-8-10-24-23)18-12-19(25-13-20-26-14-30(5)29-20)22-21(27-18)16(4)28-31(22)15(3)7-2/h8-10,12,14-15H,6-7,11,13H2,1-5H3,(H,25,27)/t15-/m0/s1. The number of fused-ring (bicyclic) bond motifs is 1. The van der Waals surface area contributed by atoms with Crippen molar-refractivity contribution in [3.63, 3.8) is 0 Å². The van der Waals surface area contributed by atoms with Crippen molar-refractivity contribution in [2.24, 2.45) is 7.05 Å². The number of ether oxygens (including phenoxy) is 1. The molecule has 4 rings (SSSR count). The van der Waals surface area contributed by atoms with Gasteiger partial charge in [-0.1, -0.05) is 13.8 Å². The number of anilines is 1. The fourth-order valence-electron chi connectivity index (χ4n) is 3.58. The van der Waals surface area contributed by atoms with Gasteiger partial charge in [-0.25, -0.2) is 15.0 Å². The monoisotopic (exact) mass is 434 g/mol. The van der Waals surface area contributed by atoms with E-state index in [1.807, 2.05) is 32.2 Å². The molecule has 0 spiro atoms. The number of nitrogens with one attached hydrogen (secondary N) is 1. The van der Waals surface area contributed by atoms with Crippen LogP contribution in [0, 0.1) is 6.92 Å². The lowest BCUT2D eigenvalue weighted by Gasteiger charge is -2.16. The van der Waals surface area contributed by atoms with Crippen LogP contribution >= 0.6 is 0 Å². The number of aromatic nitrogens is 7. The number of hydrogen-bond donors (Lipinski definition) is 1. The summed E-state index contributed by atoms with van der Waals surface area (Å²) < 4.78 is 9.66. The minimum absolute atomic E-state index is 0.245. The lowest BCUT2D eigenvalue weighted by molar-refractivity contribution is 0.306. The van der Waals surface area contributed by atoms with E-state index in [2.05, 4.69) is 45.8 Å². The van der Waals surface area contributed by atoms with E-state index in [4.69, 9.17) is 14.8 Å². The van der Waals surface area contributed by atoms with Gasteiger partial charge in [0.1, 0.15) is 17.4 Å². The van der Waals surface area contributed by atoms with Gasteiger partial charge in [-0.2, -0.15) is 10.2 Å². The van der Waals surface area contributed by atoms with Gasteiger partial charge >= 0.3 is 0 Å². The first-order chi connectivity index (χ1) is 15.5. The van der Waals surface area contributed by atoms with E-state index in [9.17, 15) is 0 Å². The zero-order valence-electron chi connectivity index (χ0n) is 19.3. The maximum atomic E-state index is 5.90. The second kappa shape index (κ2) is 9.33. The largest absolute Gasteiger partial charge is 0.477 e. The molecule has 4 aromatic heterocycles. The highest BCUT2D eigenvalue weighted by Crippen LogP contribution is 2.35. The summed E-state index contributed by atoms with van der Waals surface area (Å²) in [5.74, 6) is 1.31. The summed E-state index contributed by atoms with van der Waals surface area (Å²) >= 11 is 0. The van der Waals surface area contributed by atoms with Gasteiger partial charge in [0.25, 0.3) is 0 Å². The first-order valence-corrected chi connectivity index (χ1v) is 11.1. The van der Waals surface area contributed by atoms with E-state index in [1.54, 1.807) is 17.2 Å². The molecule has 0 aliphatic heterocycles. The highest BCUT2D eigenvalue weighted by molar-refractivity contribution is 5.93. The van der Waals surface area contributed by atoms with E-state index in [0.29, 0.717) is 19.0 Å². The second-order valence-electron chi connectivity index (χ2n) is 7.93. The Labute approximate surface area is 187 Å². The van der Waals surface area contributed by atoms with Gasteiger partial charge in [0, 0.05) is 19.3 Å². The normalized spacial score (nSPS) is 12.3. The molecule has 168 valence electrons. The molecule has 4 heterocycles. The molecule has 32 heavy (non-hydrogen) atoms. The Balaban J connectivity index is 1.84. The third-order valence-corrected chi connectivity index (χ3v) is 5.40. The SMILES string of the molecule is CCCOc1ncccc1-c1cc(NCc2ncn(C)n2)c2c(n1)c(C)nn2[C@@H](C)CC. The number of nitrogens with zero attached hydrogens (tertiary/aromatic N) is 7. The van der Waals surface area contributed by atoms with Crippen LogP contribution in [-0.4, -0.2) is 41.1 Å². The predicted molar refractivity (Wildman–Crippen MR) is 125 cm³/mol. The van der Waals surface area contributed by atoms with Crippen LogP contribution in [0.15, 0.2) is 30.7 Å². The summed E-state index contributed by atoms with van der Waals surface area (Å²) in [6.07, 6.45) is 5.32. The van der Waals surface area contributed by atoms with Crippen molar-refractivity contribution in [2.75, 3.05) is 11.9 Å². The molecule has 0 amide bonds. The summed E-state index contributed by atoms with van der Waals surface area (Å²) in [6.45, 7) is 9.51. The minimum atomic E-state index is 0.245. The summed E-state index contributed by atoms with van der Waals surface area (Å²) in [7, 11) is 1.86. The lowest BCUT2D eigenvalue weighted by Crippen LogP contribution is -2.09. The van der Waals surface area contributed by atoms with Crippen LogP contribution < -0.4 is 10.1 Å². The Morgan fingerprint density at radius 3 is 2.75 bits per heavy atom. The maximum Gasteiger partial charge on any atom is 0.222 e. The number of pyridine rings is 2. The maximum absolute atomic E-state index is 5.90. The Bertz CT molecular complexity index is 1210. The van der Waals surface area contributed by atoms with Crippen LogP contribution in [0.2, 0.25) is 0 Å². The molecule has 4 aromatic rings. The van der Waals surface area contributed by atoms with E-state index < -0.39 is 0 Å². The molecule has 0 aliphatic carbocycles. The Morgan fingerprint density at radius 2 is 2.03 bits per heavy atom. The molecule has 0 unspecified atom stereocenters. The molecule has 0 saturated heterocycles. The second-order valence-corrected chi connectivity index (χ2v) is 7.93. The Hall–Kier alpha value is -3.49. The summed E-state index contributed by atoms with van der Waals surface area (Å²) in [5, 5.41) is 12.7. The molecule has 1 atom stereocenters. The van der Waals surface area contributed by atoms with Crippen LogP contribution in [0.4, 0.5) is 5.69 Å². The predicted octanol–water partition coefficient (Wildman–Crippen LogP) is 4.30. The molecule has 0 aromatic carbocycles. The van der Waals surface area contributed by atoms with Crippen LogP contribution in [-0.2, 0) is 13.6 Å². The van der Waals surface area contributed by atoms with Gasteiger partial charge in [-0.05, 0) is 44.9 Å². The third kappa shape index (κ3) is 4.28. The number of aryl methyl sites for hydroxylation is 2. The molecule has 0 saturated carbocycles. The minimum Gasteiger partial charge on any atom is -0.477 e. The summed E-state index contributed by atoms with van der Waals surface area (Å²) in [6, 6.07) is 6.18. The Morgan fingerprint density at radius 1 is 1.19 bits per heavy atom. The highest BCUT2D eigenvalue weighted by atomic mass is 16.5. The van der Waals surface area contributed by atoms with E-state index in [-0.39, 0.29) is 6.04 Å². The van der Waals surface area contributed by atoms with Gasteiger partial charge in [0.05, 0.1) is 35.8 Å². The van der Waals surface area contributed by atoms with Crippen molar-refractivity contribution >= 4 is 16.7 Å². The topological polar surface area (TPSA) is 95.6 Å². The average molecular weight is 435 g/mol. The fraction of sp³-hybridized carbons (Fsp3) is 0.435. The van der Waals surface area contributed by atoms with E-state index >= 15 is 0 Å². The molecule has 0 aliphatic rings.